The lowest BCUT2D eigenvalue weighted by Crippen LogP contribution is -2.44. The number of amides is 3. The maximum atomic E-state index is 13.7. The minimum atomic E-state index is -2.79. The van der Waals surface area contributed by atoms with Gasteiger partial charge in [-0.25, -0.2) is 23.1 Å². The normalized spacial score (nSPS) is 21.9. The third-order valence-electron chi connectivity index (χ3n) is 12.9. The molecule has 2 bridgehead atoms. The molecule has 4 aromatic heterocycles. The van der Waals surface area contributed by atoms with Crippen LogP contribution in [0.3, 0.4) is 0 Å². The van der Waals surface area contributed by atoms with E-state index in [-0.39, 0.29) is 60.9 Å². The molecule has 5 fully saturated rings. The Morgan fingerprint density at radius 2 is 1.89 bits per heavy atom. The van der Waals surface area contributed by atoms with Crippen LogP contribution in [0.25, 0.3) is 16.7 Å². The van der Waals surface area contributed by atoms with E-state index in [1.807, 2.05) is 6.07 Å². The average Bonchev–Trinajstić information content (AvgIpc) is 4.15. The number of ether oxygens (including phenoxy) is 2. The molecule has 20 heteroatoms. The molecular formula is C44H51F2N11O7. The third kappa shape index (κ3) is 8.76. The van der Waals surface area contributed by atoms with E-state index in [1.54, 1.807) is 29.1 Å². The van der Waals surface area contributed by atoms with Crippen molar-refractivity contribution in [2.24, 2.45) is 0 Å². The van der Waals surface area contributed by atoms with E-state index in [2.05, 4.69) is 54.5 Å². The van der Waals surface area contributed by atoms with Gasteiger partial charge in [0.1, 0.15) is 30.8 Å². The number of carbonyl (C=O) groups excluding carboxylic acids is 3. The second kappa shape index (κ2) is 18.6. The summed E-state index contributed by atoms with van der Waals surface area (Å²) >= 11 is 0. The number of aliphatic hydroxyl groups excluding tert-OH is 1. The van der Waals surface area contributed by atoms with E-state index in [0.29, 0.717) is 28.9 Å². The smallest absolute Gasteiger partial charge is 0.331 e. The zero-order valence-corrected chi connectivity index (χ0v) is 35.5. The Morgan fingerprint density at radius 3 is 2.61 bits per heavy atom. The first kappa shape index (κ1) is 43.3. The van der Waals surface area contributed by atoms with Gasteiger partial charge in [-0.3, -0.25) is 33.5 Å². The van der Waals surface area contributed by atoms with Gasteiger partial charge in [-0.15, -0.1) is 0 Å². The number of rotatable bonds is 9. The van der Waals surface area contributed by atoms with Crippen LogP contribution in [0.1, 0.15) is 104 Å². The number of para-hydroxylation sites is 1. The van der Waals surface area contributed by atoms with Crippen molar-refractivity contribution >= 4 is 45.9 Å². The van der Waals surface area contributed by atoms with Crippen molar-refractivity contribution in [2.75, 3.05) is 50.1 Å². The highest BCUT2D eigenvalue weighted by atomic mass is 19.3. The van der Waals surface area contributed by atoms with Gasteiger partial charge in [-0.1, -0.05) is 37.2 Å². The molecule has 0 radical (unpaired) electrons. The van der Waals surface area contributed by atoms with E-state index in [4.69, 9.17) is 9.47 Å². The molecule has 0 spiro atoms. The standard InChI is InChI=1S/C22H25F2N7O2.C22H26N4O5/c23-20(24)19-17(11-31(28-19)13-4-2-1-3-5-13)26-22(32)16-9-25-30-7-6-18(27-21(16)30)29-10-15-8-14(29)12-33-15;1-24-11-9-16(10-12-24)31-13-3-5-15-4-2-6-17-20(15)25(14-27)22(30)26(17)18-7-8-19(28)23-21(18)29/h6-7,9,11,13-15,20H,1-5,8,10,12H2,(H,26,32);2,4,6,16,18,27H,7-14H2,1H3,(H,23,28,29)/t14-,15?;/m0./s1. The number of likely N-dealkylation sites (tertiary alicyclic amines) is 1. The number of nitrogens with zero attached hydrogens (tertiary/aromatic N) is 9. The summed E-state index contributed by atoms with van der Waals surface area (Å²) in [5.41, 5.74) is 1.25. The van der Waals surface area contributed by atoms with Crippen LogP contribution in [0, 0.1) is 11.8 Å². The topological polar surface area (TPSA) is 195 Å². The Hall–Kier alpha value is -6.01. The highest BCUT2D eigenvalue weighted by Crippen LogP contribution is 2.34. The summed E-state index contributed by atoms with van der Waals surface area (Å²) in [5, 5.41) is 23.1. The minimum absolute atomic E-state index is 0.0325. The van der Waals surface area contributed by atoms with Crippen LogP contribution in [-0.4, -0.2) is 119 Å². The highest BCUT2D eigenvalue weighted by Gasteiger charge is 2.40. The van der Waals surface area contributed by atoms with Crippen molar-refractivity contribution in [3.63, 3.8) is 0 Å². The number of nitrogens with one attached hydrogen (secondary N) is 2. The predicted molar refractivity (Wildman–Crippen MR) is 229 cm³/mol. The summed E-state index contributed by atoms with van der Waals surface area (Å²) in [5.74, 6) is 5.41. The van der Waals surface area contributed by atoms with E-state index in [1.165, 1.54) is 26.0 Å². The first-order chi connectivity index (χ1) is 31.1. The van der Waals surface area contributed by atoms with E-state index in [9.17, 15) is 33.1 Å². The number of carbonyl (C=O) groups is 3. The van der Waals surface area contributed by atoms with Crippen LogP contribution in [0.5, 0.6) is 0 Å². The van der Waals surface area contributed by atoms with Crippen molar-refractivity contribution in [1.29, 1.82) is 0 Å². The van der Waals surface area contributed by atoms with Crippen LogP contribution < -0.4 is 21.2 Å². The summed E-state index contributed by atoms with van der Waals surface area (Å²) in [6.07, 6.45) is 10.7. The summed E-state index contributed by atoms with van der Waals surface area (Å²) in [6, 6.07) is 6.67. The maximum Gasteiger partial charge on any atom is 0.331 e. The molecule has 1 aromatic carbocycles. The molecule has 3 N–H and O–H groups in total. The molecule has 3 amide bonds. The summed E-state index contributed by atoms with van der Waals surface area (Å²) in [6.45, 7) is 3.19. The number of alkyl halides is 2. The Balaban J connectivity index is 0.000000162. The SMILES string of the molecule is CN1CCC(OCC#Cc2cccc3c2n(CO)c(=O)n3C2CCC(=O)NC2=O)CC1.O=C(Nc1cn(C2CCCCC2)nc1C(F)F)c1cnn2ccc(N3CC4C[C@H]3CO4)nc12. The number of imidazole rings is 1. The number of fused-ring (bicyclic) bond motifs is 4. The molecule has 5 aromatic rings. The van der Waals surface area contributed by atoms with E-state index in [0.717, 1.165) is 76.8 Å². The fourth-order valence-corrected chi connectivity index (χ4v) is 9.49. The predicted octanol–water partition coefficient (Wildman–Crippen LogP) is 3.79. The lowest BCUT2D eigenvalue weighted by atomic mass is 9.96. The van der Waals surface area contributed by atoms with Gasteiger partial charge in [0.25, 0.3) is 12.3 Å². The number of halogens is 2. The Morgan fingerprint density at radius 1 is 1.08 bits per heavy atom. The number of morpholine rings is 1. The summed E-state index contributed by atoms with van der Waals surface area (Å²) < 4.78 is 44.5. The fourth-order valence-electron chi connectivity index (χ4n) is 9.49. The summed E-state index contributed by atoms with van der Waals surface area (Å²) in [4.78, 5) is 59.1. The van der Waals surface area contributed by atoms with Crippen molar-refractivity contribution in [1.82, 2.24) is 43.7 Å². The van der Waals surface area contributed by atoms with Gasteiger partial charge in [-0.05, 0) is 63.8 Å². The maximum absolute atomic E-state index is 13.7. The number of imide groups is 1. The van der Waals surface area contributed by atoms with Crippen molar-refractivity contribution in [3.05, 3.63) is 70.2 Å². The molecule has 3 atom stereocenters. The number of benzene rings is 1. The molecule has 2 unspecified atom stereocenters. The lowest BCUT2D eigenvalue weighted by Gasteiger charge is -2.28. The monoisotopic (exact) mass is 883 g/mol. The van der Waals surface area contributed by atoms with Crippen LogP contribution in [0.2, 0.25) is 0 Å². The molecule has 5 aliphatic rings. The Kier molecular flexibility index (Phi) is 12.6. The minimum Gasteiger partial charge on any atom is -0.376 e. The molecular weight excluding hydrogens is 833 g/mol. The number of aliphatic hydroxyl groups is 1. The second-order valence-electron chi connectivity index (χ2n) is 17.0. The fraction of sp³-hybridized carbons (Fsp3) is 0.523. The molecule has 338 valence electrons. The second-order valence-corrected chi connectivity index (χ2v) is 17.0. The number of piperidine rings is 2. The molecule has 10 rings (SSSR count). The number of hydrogen-bond donors (Lipinski definition) is 3. The van der Waals surface area contributed by atoms with Crippen molar-refractivity contribution < 1.29 is 37.7 Å². The molecule has 8 heterocycles. The quantitative estimate of drug-likeness (QED) is 0.144. The van der Waals surface area contributed by atoms with Gasteiger partial charge < -0.3 is 29.7 Å². The van der Waals surface area contributed by atoms with Gasteiger partial charge in [0.15, 0.2) is 11.3 Å². The van der Waals surface area contributed by atoms with Gasteiger partial charge in [-0.2, -0.15) is 10.2 Å². The Bertz CT molecular complexity index is 2670. The van der Waals surface area contributed by atoms with Crippen LogP contribution >= 0.6 is 0 Å². The van der Waals surface area contributed by atoms with Crippen molar-refractivity contribution in [2.45, 2.75) is 108 Å². The van der Waals surface area contributed by atoms with Crippen LogP contribution in [0.4, 0.5) is 20.3 Å². The number of anilines is 2. The van der Waals surface area contributed by atoms with Gasteiger partial charge in [0.05, 0.1) is 59.4 Å². The van der Waals surface area contributed by atoms with Crippen molar-refractivity contribution in [3.8, 4) is 11.8 Å². The highest BCUT2D eigenvalue weighted by molar-refractivity contribution is 6.08. The molecule has 1 saturated carbocycles. The molecule has 64 heavy (non-hydrogen) atoms. The molecule has 4 saturated heterocycles. The first-order valence-corrected chi connectivity index (χ1v) is 21.9. The lowest BCUT2D eigenvalue weighted by molar-refractivity contribution is -0.135. The van der Waals surface area contributed by atoms with Gasteiger partial charge >= 0.3 is 5.69 Å². The zero-order chi connectivity index (χ0) is 44.5. The van der Waals surface area contributed by atoms with Crippen LogP contribution in [-0.2, 0) is 25.8 Å². The number of aromatic nitrogens is 7. The molecule has 1 aliphatic carbocycles. The number of hydrogen-bond acceptors (Lipinski definition) is 12. The van der Waals surface area contributed by atoms with Gasteiger partial charge in [0.2, 0.25) is 11.8 Å². The zero-order valence-electron chi connectivity index (χ0n) is 35.5. The largest absolute Gasteiger partial charge is 0.376 e. The average molecular weight is 884 g/mol. The van der Waals surface area contributed by atoms with Gasteiger partial charge in [0, 0.05) is 38.4 Å². The third-order valence-corrected chi connectivity index (χ3v) is 12.9. The van der Waals surface area contributed by atoms with E-state index >= 15 is 0 Å². The molecule has 4 aliphatic heterocycles. The van der Waals surface area contributed by atoms with E-state index < -0.39 is 42.4 Å². The molecule has 18 nitrogen and oxygen atoms in total. The summed E-state index contributed by atoms with van der Waals surface area (Å²) in [7, 11) is 2.10. The van der Waals surface area contributed by atoms with Crippen LogP contribution in [0.15, 0.2) is 47.7 Å². The Labute approximate surface area is 366 Å². The first-order valence-electron chi connectivity index (χ1n) is 21.9.